The molecular weight excluding hydrogens is 270 g/mol. The standard InChI is InChI=1S/C10H13Cl2OPS/c1-10(2,3)8-4-6-9(7-5-8)13-14(11,12)15/h4-7H,1-3H3. The maximum atomic E-state index is 5.67. The molecule has 84 valence electrons. The van der Waals surface area contributed by atoms with E-state index in [2.05, 4.69) is 20.8 Å². The quantitative estimate of drug-likeness (QED) is 0.701. The summed E-state index contributed by atoms with van der Waals surface area (Å²) in [6, 6.07) is 7.67. The molecule has 0 amide bonds. The van der Waals surface area contributed by atoms with Crippen molar-refractivity contribution in [2.24, 2.45) is 0 Å². The van der Waals surface area contributed by atoms with Gasteiger partial charge in [-0.25, -0.2) is 0 Å². The first-order valence-corrected chi connectivity index (χ1v) is 9.01. The fourth-order valence-corrected chi connectivity index (χ4v) is 2.24. The molecule has 0 saturated carbocycles. The molecule has 1 rings (SSSR count). The molecule has 0 N–H and O–H groups in total. The molecule has 1 aromatic rings. The lowest BCUT2D eigenvalue weighted by Gasteiger charge is -2.19. The zero-order valence-corrected chi connectivity index (χ0v) is 12.1. The van der Waals surface area contributed by atoms with Crippen molar-refractivity contribution in [3.8, 4) is 5.75 Å². The summed E-state index contributed by atoms with van der Waals surface area (Å²) in [6.45, 7) is 6.45. The first kappa shape index (κ1) is 13.3. The lowest BCUT2D eigenvalue weighted by atomic mass is 9.87. The van der Waals surface area contributed by atoms with E-state index in [0.717, 1.165) is 0 Å². The molecule has 1 aromatic carbocycles. The van der Waals surface area contributed by atoms with Crippen LogP contribution in [-0.4, -0.2) is 0 Å². The van der Waals surface area contributed by atoms with Crippen LogP contribution in [0, 0.1) is 0 Å². The Bertz CT molecular complexity index is 377. The van der Waals surface area contributed by atoms with E-state index in [0.29, 0.717) is 5.75 Å². The minimum absolute atomic E-state index is 0.126. The van der Waals surface area contributed by atoms with Gasteiger partial charge >= 0.3 is 0 Å². The molecule has 0 fully saturated rings. The van der Waals surface area contributed by atoms with Gasteiger partial charge in [-0.3, -0.25) is 0 Å². The van der Waals surface area contributed by atoms with Crippen LogP contribution < -0.4 is 4.52 Å². The first-order valence-electron chi connectivity index (χ1n) is 4.48. The Hall–Kier alpha value is 0.250. The van der Waals surface area contributed by atoms with Crippen LogP contribution in [0.15, 0.2) is 24.3 Å². The Balaban J connectivity index is 2.87. The van der Waals surface area contributed by atoms with E-state index in [4.69, 9.17) is 38.8 Å². The summed E-state index contributed by atoms with van der Waals surface area (Å²) in [4.78, 5) is -2.67. The topological polar surface area (TPSA) is 9.23 Å². The fraction of sp³-hybridized carbons (Fsp3) is 0.400. The smallest absolute Gasteiger partial charge is 0.289 e. The summed E-state index contributed by atoms with van der Waals surface area (Å²) in [7, 11) is 0. The van der Waals surface area contributed by atoms with Crippen LogP contribution in [0.3, 0.4) is 0 Å². The highest BCUT2D eigenvalue weighted by Crippen LogP contribution is 2.57. The maximum Gasteiger partial charge on any atom is 0.289 e. The first-order chi connectivity index (χ1) is 6.68. The molecule has 5 heteroatoms. The van der Waals surface area contributed by atoms with Gasteiger partial charge in [0.1, 0.15) is 5.75 Å². The largest absolute Gasteiger partial charge is 0.441 e. The van der Waals surface area contributed by atoms with Crippen molar-refractivity contribution in [2.75, 3.05) is 0 Å². The summed E-state index contributed by atoms with van der Waals surface area (Å²) >= 11 is 16.1. The predicted molar refractivity (Wildman–Crippen MR) is 71.8 cm³/mol. The van der Waals surface area contributed by atoms with E-state index in [1.54, 1.807) is 0 Å². The van der Waals surface area contributed by atoms with Crippen LogP contribution >= 0.6 is 27.5 Å². The average Bonchev–Trinajstić information content (AvgIpc) is 2.00. The molecule has 0 heterocycles. The molecule has 15 heavy (non-hydrogen) atoms. The van der Waals surface area contributed by atoms with Crippen molar-refractivity contribution < 1.29 is 4.52 Å². The van der Waals surface area contributed by atoms with Crippen LogP contribution in [0.25, 0.3) is 0 Å². The van der Waals surface area contributed by atoms with E-state index in [9.17, 15) is 0 Å². The molecule has 0 saturated heterocycles. The van der Waals surface area contributed by atoms with Crippen LogP contribution in [0.5, 0.6) is 5.75 Å². The second-order valence-corrected chi connectivity index (χ2v) is 11.4. The SMILES string of the molecule is CC(C)(C)c1ccc(OP(=S)(Cl)Cl)cc1. The summed E-state index contributed by atoms with van der Waals surface area (Å²) in [5.74, 6) is 0.622. The van der Waals surface area contributed by atoms with E-state index in [1.807, 2.05) is 24.3 Å². The van der Waals surface area contributed by atoms with Crippen LogP contribution in [0.4, 0.5) is 0 Å². The minimum Gasteiger partial charge on any atom is -0.441 e. The van der Waals surface area contributed by atoms with E-state index in [-0.39, 0.29) is 5.41 Å². The van der Waals surface area contributed by atoms with Gasteiger partial charge in [0.15, 0.2) is 0 Å². The molecule has 0 radical (unpaired) electrons. The van der Waals surface area contributed by atoms with E-state index < -0.39 is 4.97 Å². The van der Waals surface area contributed by atoms with Crippen LogP contribution in [0.2, 0.25) is 0 Å². The van der Waals surface area contributed by atoms with Gasteiger partial charge in [-0.2, -0.15) is 0 Å². The van der Waals surface area contributed by atoms with Crippen molar-refractivity contribution in [3.63, 3.8) is 0 Å². The Kier molecular flexibility index (Phi) is 4.11. The second-order valence-electron chi connectivity index (χ2n) is 4.28. The maximum absolute atomic E-state index is 5.67. The van der Waals surface area contributed by atoms with Gasteiger partial charge in [-0.1, -0.05) is 32.9 Å². The minimum atomic E-state index is -2.67. The number of benzene rings is 1. The Labute approximate surface area is 105 Å². The van der Waals surface area contributed by atoms with Crippen LogP contribution in [-0.2, 0) is 17.2 Å². The zero-order chi connectivity index (χ0) is 11.7. The van der Waals surface area contributed by atoms with Crippen molar-refractivity contribution in [2.45, 2.75) is 26.2 Å². The average molecular weight is 283 g/mol. The number of hydrogen-bond acceptors (Lipinski definition) is 2. The Morgan fingerprint density at radius 2 is 1.60 bits per heavy atom. The molecule has 0 aliphatic rings. The summed E-state index contributed by atoms with van der Waals surface area (Å²) in [6.07, 6.45) is 0. The van der Waals surface area contributed by atoms with Gasteiger partial charge in [0.2, 0.25) is 0 Å². The van der Waals surface area contributed by atoms with Gasteiger partial charge in [0.25, 0.3) is 4.97 Å². The molecule has 0 aromatic heterocycles. The van der Waals surface area contributed by atoms with Gasteiger partial charge in [0, 0.05) is 0 Å². The third kappa shape index (κ3) is 4.74. The molecule has 0 spiro atoms. The molecule has 0 aliphatic carbocycles. The number of rotatable bonds is 2. The molecule has 1 nitrogen and oxygen atoms in total. The molecule has 0 aliphatic heterocycles. The fourth-order valence-electron chi connectivity index (χ4n) is 1.14. The number of halogens is 2. The van der Waals surface area contributed by atoms with Crippen molar-refractivity contribution in [1.29, 1.82) is 0 Å². The lowest BCUT2D eigenvalue weighted by Crippen LogP contribution is -2.10. The Morgan fingerprint density at radius 3 is 1.93 bits per heavy atom. The molecule has 0 bridgehead atoms. The highest BCUT2D eigenvalue weighted by molar-refractivity contribution is 8.36. The van der Waals surface area contributed by atoms with Gasteiger partial charge in [0.05, 0.1) is 0 Å². The lowest BCUT2D eigenvalue weighted by molar-refractivity contribution is 0.586. The van der Waals surface area contributed by atoms with Crippen molar-refractivity contribution in [1.82, 2.24) is 0 Å². The van der Waals surface area contributed by atoms with Crippen molar-refractivity contribution in [3.05, 3.63) is 29.8 Å². The predicted octanol–water partition coefficient (Wildman–Crippen LogP) is 5.07. The highest BCUT2D eigenvalue weighted by atomic mass is 35.9. The summed E-state index contributed by atoms with van der Waals surface area (Å²) in [5.41, 5.74) is 1.35. The van der Waals surface area contributed by atoms with Gasteiger partial charge in [-0.15, -0.1) is 0 Å². The third-order valence-corrected chi connectivity index (χ3v) is 2.99. The third-order valence-electron chi connectivity index (χ3n) is 1.93. The molecular formula is C10H13Cl2OPS. The zero-order valence-electron chi connectivity index (χ0n) is 8.83. The van der Waals surface area contributed by atoms with Gasteiger partial charge < -0.3 is 4.52 Å². The van der Waals surface area contributed by atoms with E-state index in [1.165, 1.54) is 5.56 Å². The summed E-state index contributed by atoms with van der Waals surface area (Å²) < 4.78 is 5.23. The number of hydrogen-bond donors (Lipinski definition) is 0. The monoisotopic (exact) mass is 282 g/mol. The van der Waals surface area contributed by atoms with E-state index >= 15 is 0 Å². The Morgan fingerprint density at radius 1 is 1.13 bits per heavy atom. The molecule has 0 unspecified atom stereocenters. The molecule has 0 atom stereocenters. The van der Waals surface area contributed by atoms with Gasteiger partial charge in [-0.05, 0) is 57.4 Å². The van der Waals surface area contributed by atoms with Crippen LogP contribution in [0.1, 0.15) is 26.3 Å². The highest BCUT2D eigenvalue weighted by Gasteiger charge is 2.14. The second kappa shape index (κ2) is 4.63. The normalized spacial score (nSPS) is 12.6. The van der Waals surface area contributed by atoms with Crippen molar-refractivity contribution >= 4 is 39.3 Å². The summed E-state index contributed by atoms with van der Waals surface area (Å²) in [5, 5.41) is 0.